The highest BCUT2D eigenvalue weighted by Gasteiger charge is 2.41. The summed E-state index contributed by atoms with van der Waals surface area (Å²) < 4.78 is 52.8. The van der Waals surface area contributed by atoms with Crippen molar-refractivity contribution in [1.29, 1.82) is 0 Å². The molecule has 0 N–H and O–H groups in total. The van der Waals surface area contributed by atoms with Gasteiger partial charge >= 0.3 is 6.18 Å². The number of hydrogen-bond donors (Lipinski definition) is 0. The molecule has 2 heterocycles. The molecule has 1 aliphatic heterocycles. The van der Waals surface area contributed by atoms with Crippen LogP contribution in [0.1, 0.15) is 28.7 Å². The number of halogens is 3. The zero-order valence-corrected chi connectivity index (χ0v) is 19.2. The Morgan fingerprint density at radius 2 is 1.82 bits per heavy atom. The molecule has 2 aromatic carbocycles. The second kappa shape index (κ2) is 10.3. The lowest BCUT2D eigenvalue weighted by Gasteiger charge is -2.28. The molecule has 1 fully saturated rings. The molecule has 0 saturated carbocycles. The van der Waals surface area contributed by atoms with Crippen molar-refractivity contribution in [2.24, 2.45) is 0 Å². The Morgan fingerprint density at radius 3 is 2.48 bits per heavy atom. The van der Waals surface area contributed by atoms with Crippen molar-refractivity contribution < 1.29 is 22.6 Å². The van der Waals surface area contributed by atoms with Crippen LogP contribution >= 0.6 is 11.8 Å². The first-order valence-corrected chi connectivity index (χ1v) is 12.0. The number of aryl methyl sites for hydroxylation is 2. The van der Waals surface area contributed by atoms with Gasteiger partial charge < -0.3 is 14.0 Å². The number of imidazole rings is 1. The Labute approximate surface area is 196 Å². The molecule has 176 valence electrons. The summed E-state index contributed by atoms with van der Waals surface area (Å²) in [5.74, 6) is 0.596. The van der Waals surface area contributed by atoms with Crippen LogP contribution in [0.3, 0.4) is 0 Å². The largest absolute Gasteiger partial charge is 0.416 e. The van der Waals surface area contributed by atoms with Crippen molar-refractivity contribution in [3.8, 4) is 0 Å². The van der Waals surface area contributed by atoms with Gasteiger partial charge in [-0.25, -0.2) is 4.98 Å². The van der Waals surface area contributed by atoms with Crippen LogP contribution in [0.4, 0.5) is 13.2 Å². The van der Waals surface area contributed by atoms with Crippen molar-refractivity contribution >= 4 is 11.8 Å². The molecule has 0 radical (unpaired) electrons. The summed E-state index contributed by atoms with van der Waals surface area (Å²) in [4.78, 5) is 4.12. The maximum Gasteiger partial charge on any atom is 0.416 e. The first-order chi connectivity index (χ1) is 15.8. The van der Waals surface area contributed by atoms with Crippen molar-refractivity contribution in [1.82, 2.24) is 9.55 Å². The Balaban J connectivity index is 1.33. The van der Waals surface area contributed by atoms with E-state index < -0.39 is 17.5 Å². The molecule has 1 saturated heterocycles. The van der Waals surface area contributed by atoms with E-state index in [0.29, 0.717) is 31.1 Å². The van der Waals surface area contributed by atoms with Crippen LogP contribution in [0.15, 0.2) is 67.3 Å². The quantitative estimate of drug-likeness (QED) is 0.386. The minimum Gasteiger partial charge on any atom is -0.345 e. The van der Waals surface area contributed by atoms with E-state index in [1.165, 1.54) is 23.3 Å². The number of hydrogen-bond acceptors (Lipinski definition) is 4. The molecule has 33 heavy (non-hydrogen) atoms. The number of ether oxygens (including phenoxy) is 2. The standard InChI is InChI=1S/C25H27F3N2O2S/c1-19-2-4-20(5-3-19)10-11-24(17-30-13-12-29-18-30)31-14-23(32-24)16-33-15-21-6-8-22(9-7-21)25(26,27)28/h2-9,12-13,18,23H,10-11,14-17H2,1H3. The number of thioether (sulfide) groups is 1. The molecule has 0 amide bonds. The maximum absolute atomic E-state index is 12.7. The molecule has 0 spiro atoms. The van der Waals surface area contributed by atoms with Crippen LogP contribution < -0.4 is 0 Å². The van der Waals surface area contributed by atoms with E-state index in [-0.39, 0.29) is 6.10 Å². The molecular formula is C25H27F3N2O2S. The predicted octanol–water partition coefficient (Wildman–Crippen LogP) is 5.89. The molecule has 4 rings (SSSR count). The van der Waals surface area contributed by atoms with Gasteiger partial charge in [-0.2, -0.15) is 24.9 Å². The molecule has 2 atom stereocenters. The van der Waals surface area contributed by atoms with E-state index in [9.17, 15) is 13.2 Å². The molecular weight excluding hydrogens is 449 g/mol. The van der Waals surface area contributed by atoms with Crippen LogP contribution in [0.5, 0.6) is 0 Å². The summed E-state index contributed by atoms with van der Waals surface area (Å²) >= 11 is 1.64. The van der Waals surface area contributed by atoms with E-state index in [0.717, 1.165) is 24.1 Å². The maximum atomic E-state index is 12.7. The summed E-state index contributed by atoms with van der Waals surface area (Å²) in [5.41, 5.74) is 2.70. The first kappa shape index (κ1) is 23.9. The van der Waals surface area contributed by atoms with Crippen LogP contribution in [0.25, 0.3) is 0 Å². The lowest BCUT2D eigenvalue weighted by Crippen LogP contribution is -2.37. The van der Waals surface area contributed by atoms with Gasteiger partial charge in [-0.15, -0.1) is 0 Å². The average Bonchev–Trinajstić information content (AvgIpc) is 3.44. The summed E-state index contributed by atoms with van der Waals surface area (Å²) in [6.45, 7) is 3.11. The third-order valence-electron chi connectivity index (χ3n) is 5.67. The van der Waals surface area contributed by atoms with E-state index in [1.54, 1.807) is 24.3 Å². The van der Waals surface area contributed by atoms with Gasteiger partial charge in [0.05, 0.1) is 31.1 Å². The number of benzene rings is 2. The molecule has 3 aromatic rings. The number of aromatic nitrogens is 2. The second-order valence-electron chi connectivity index (χ2n) is 8.39. The van der Waals surface area contributed by atoms with Crippen molar-refractivity contribution in [2.45, 2.75) is 50.1 Å². The van der Waals surface area contributed by atoms with E-state index in [1.807, 2.05) is 10.8 Å². The molecule has 1 aromatic heterocycles. The molecule has 2 unspecified atom stereocenters. The predicted molar refractivity (Wildman–Crippen MR) is 123 cm³/mol. The highest BCUT2D eigenvalue weighted by molar-refractivity contribution is 7.98. The van der Waals surface area contributed by atoms with Gasteiger partial charge in [0.1, 0.15) is 0 Å². The smallest absolute Gasteiger partial charge is 0.345 e. The Morgan fingerprint density at radius 1 is 1.09 bits per heavy atom. The van der Waals surface area contributed by atoms with Gasteiger partial charge in [0.15, 0.2) is 5.79 Å². The van der Waals surface area contributed by atoms with E-state index in [4.69, 9.17) is 9.47 Å². The molecule has 8 heteroatoms. The summed E-state index contributed by atoms with van der Waals surface area (Å²) in [7, 11) is 0. The van der Waals surface area contributed by atoms with Gasteiger partial charge in [0.2, 0.25) is 0 Å². The Hall–Kier alpha value is -2.29. The third kappa shape index (κ3) is 6.62. The lowest BCUT2D eigenvalue weighted by atomic mass is 10.0. The van der Waals surface area contributed by atoms with Crippen LogP contribution in [0.2, 0.25) is 0 Å². The van der Waals surface area contributed by atoms with E-state index >= 15 is 0 Å². The van der Waals surface area contributed by atoms with E-state index in [2.05, 4.69) is 36.2 Å². The minimum absolute atomic E-state index is 0.0778. The first-order valence-electron chi connectivity index (χ1n) is 10.9. The number of rotatable bonds is 9. The van der Waals surface area contributed by atoms with Gasteiger partial charge in [0, 0.05) is 30.3 Å². The summed E-state index contributed by atoms with van der Waals surface area (Å²) in [6.07, 6.45) is 2.55. The van der Waals surface area contributed by atoms with Crippen molar-refractivity contribution in [3.63, 3.8) is 0 Å². The monoisotopic (exact) mass is 476 g/mol. The van der Waals surface area contributed by atoms with Gasteiger partial charge in [-0.05, 0) is 36.6 Å². The lowest BCUT2D eigenvalue weighted by molar-refractivity contribution is -0.180. The fourth-order valence-corrected chi connectivity index (χ4v) is 4.81. The zero-order chi connectivity index (χ0) is 23.3. The molecule has 0 bridgehead atoms. The van der Waals surface area contributed by atoms with Crippen LogP contribution in [0, 0.1) is 6.92 Å². The second-order valence-corrected chi connectivity index (χ2v) is 9.42. The fraction of sp³-hybridized carbons (Fsp3) is 0.400. The summed E-state index contributed by atoms with van der Waals surface area (Å²) in [6, 6.07) is 13.8. The number of alkyl halides is 3. The average molecular weight is 477 g/mol. The summed E-state index contributed by atoms with van der Waals surface area (Å²) in [5, 5.41) is 0. The van der Waals surface area contributed by atoms with Gasteiger partial charge in [-0.3, -0.25) is 0 Å². The van der Waals surface area contributed by atoms with Gasteiger partial charge in [0.25, 0.3) is 0 Å². The minimum atomic E-state index is -4.31. The topological polar surface area (TPSA) is 36.3 Å². The SMILES string of the molecule is Cc1ccc(CCC2(Cn3ccnc3)OCC(CSCc3ccc(C(F)(F)F)cc3)O2)cc1. The van der Waals surface area contributed by atoms with Crippen molar-refractivity contribution in [3.05, 3.63) is 89.5 Å². The molecule has 4 nitrogen and oxygen atoms in total. The van der Waals surface area contributed by atoms with Gasteiger partial charge in [-0.1, -0.05) is 42.0 Å². The highest BCUT2D eigenvalue weighted by Crippen LogP contribution is 2.33. The highest BCUT2D eigenvalue weighted by atomic mass is 32.2. The molecule has 1 aliphatic rings. The normalized spacial score (nSPS) is 20.9. The molecule has 0 aliphatic carbocycles. The van der Waals surface area contributed by atoms with Crippen molar-refractivity contribution in [2.75, 3.05) is 12.4 Å². The Kier molecular flexibility index (Phi) is 7.46. The van der Waals surface area contributed by atoms with Crippen LogP contribution in [-0.4, -0.2) is 33.8 Å². The van der Waals surface area contributed by atoms with Crippen LogP contribution in [-0.2, 0) is 34.4 Å². The third-order valence-corrected chi connectivity index (χ3v) is 6.81. The zero-order valence-electron chi connectivity index (χ0n) is 18.4. The fourth-order valence-electron chi connectivity index (χ4n) is 3.84. The Bertz CT molecular complexity index is 1010. The number of nitrogens with zero attached hydrogens (tertiary/aromatic N) is 2.